The van der Waals surface area contributed by atoms with Crippen molar-refractivity contribution >= 4 is 30.0 Å². The second-order valence-corrected chi connectivity index (χ2v) is 4.49. The maximum atomic E-state index is 12.8. The lowest BCUT2D eigenvalue weighted by Crippen LogP contribution is -2.19. The van der Waals surface area contributed by atoms with E-state index in [-0.39, 0.29) is 5.82 Å². The van der Waals surface area contributed by atoms with Crippen LogP contribution in [0.25, 0.3) is 0 Å². The van der Waals surface area contributed by atoms with Gasteiger partial charge in [-0.3, -0.25) is 0 Å². The molecule has 0 fully saturated rings. The minimum Gasteiger partial charge on any atom is -0.495 e. The molecule has 2 N–H and O–H groups in total. The van der Waals surface area contributed by atoms with E-state index in [1.165, 1.54) is 31.4 Å². The van der Waals surface area contributed by atoms with E-state index >= 15 is 0 Å². The van der Waals surface area contributed by atoms with Gasteiger partial charge in [0, 0.05) is 10.6 Å². The number of rotatable bonds is 3. The van der Waals surface area contributed by atoms with Gasteiger partial charge in [0.15, 0.2) is 0 Å². The van der Waals surface area contributed by atoms with Crippen LogP contribution in [-0.2, 0) is 0 Å². The van der Waals surface area contributed by atoms with Crippen molar-refractivity contribution < 1.29 is 13.9 Å². The zero-order valence-electron chi connectivity index (χ0n) is 10.7. The highest BCUT2D eigenvalue weighted by molar-refractivity contribution is 7.80. The first-order valence-corrected chi connectivity index (χ1v) is 6.24. The van der Waals surface area contributed by atoms with Crippen molar-refractivity contribution in [1.82, 2.24) is 0 Å². The van der Waals surface area contributed by atoms with Gasteiger partial charge in [-0.1, -0.05) is 0 Å². The Balaban J connectivity index is 2.08. The fourth-order valence-electron chi connectivity index (χ4n) is 1.61. The molecule has 2 rings (SSSR count). The minimum atomic E-state index is -0.450. The number of amides is 2. The van der Waals surface area contributed by atoms with Crippen molar-refractivity contribution in [2.75, 3.05) is 17.7 Å². The molecule has 0 saturated carbocycles. The monoisotopic (exact) mass is 292 g/mol. The quantitative estimate of drug-likeness (QED) is 0.754. The zero-order chi connectivity index (χ0) is 14.5. The second-order valence-electron chi connectivity index (χ2n) is 3.97. The molecular weight excluding hydrogens is 279 g/mol. The molecule has 0 aliphatic heterocycles. The molecule has 0 aliphatic rings. The van der Waals surface area contributed by atoms with Crippen LogP contribution in [0.2, 0.25) is 0 Å². The van der Waals surface area contributed by atoms with Gasteiger partial charge in [0.05, 0.1) is 12.8 Å². The van der Waals surface area contributed by atoms with Crippen molar-refractivity contribution in [3.63, 3.8) is 0 Å². The maximum Gasteiger partial charge on any atom is 0.323 e. The van der Waals surface area contributed by atoms with Crippen LogP contribution in [0.3, 0.4) is 0 Å². The highest BCUT2D eigenvalue weighted by Gasteiger charge is 2.08. The fraction of sp³-hybridized carbons (Fsp3) is 0.0714. The molecule has 0 saturated heterocycles. The molecule has 4 nitrogen and oxygen atoms in total. The Morgan fingerprint density at radius 1 is 1.15 bits per heavy atom. The predicted octanol–water partition coefficient (Wildman–Crippen LogP) is 3.77. The highest BCUT2D eigenvalue weighted by atomic mass is 32.1. The molecule has 0 atom stereocenters. The number of urea groups is 1. The van der Waals surface area contributed by atoms with E-state index in [4.69, 9.17) is 4.74 Å². The summed E-state index contributed by atoms with van der Waals surface area (Å²) in [5.74, 6) is 0.164. The lowest BCUT2D eigenvalue weighted by molar-refractivity contribution is 0.262. The average molecular weight is 292 g/mol. The average Bonchev–Trinajstić information content (AvgIpc) is 2.41. The molecule has 2 aromatic rings. The van der Waals surface area contributed by atoms with Crippen LogP contribution in [0, 0.1) is 5.82 Å². The summed E-state index contributed by atoms with van der Waals surface area (Å²) in [4.78, 5) is 12.5. The molecule has 6 heteroatoms. The van der Waals surface area contributed by atoms with Crippen molar-refractivity contribution in [3.8, 4) is 5.75 Å². The predicted molar refractivity (Wildman–Crippen MR) is 79.3 cm³/mol. The summed E-state index contributed by atoms with van der Waals surface area (Å²) in [6.07, 6.45) is 0. The van der Waals surface area contributed by atoms with Gasteiger partial charge < -0.3 is 15.4 Å². The van der Waals surface area contributed by atoms with E-state index in [0.29, 0.717) is 22.0 Å². The SMILES string of the molecule is COc1ccc(S)cc1NC(=O)Nc1ccc(F)cc1. The fourth-order valence-corrected chi connectivity index (χ4v) is 1.82. The van der Waals surface area contributed by atoms with Crippen LogP contribution < -0.4 is 15.4 Å². The first-order valence-electron chi connectivity index (χ1n) is 5.79. The summed E-state index contributed by atoms with van der Waals surface area (Å²) in [5, 5.41) is 5.24. The van der Waals surface area contributed by atoms with Crippen LogP contribution in [0.1, 0.15) is 0 Å². The molecule has 0 radical (unpaired) electrons. The van der Waals surface area contributed by atoms with Gasteiger partial charge in [-0.25, -0.2) is 9.18 Å². The molecule has 0 aromatic heterocycles. The number of ether oxygens (including phenoxy) is 1. The molecule has 20 heavy (non-hydrogen) atoms. The molecule has 104 valence electrons. The number of anilines is 2. The van der Waals surface area contributed by atoms with Gasteiger partial charge in [-0.2, -0.15) is 0 Å². The molecule has 0 heterocycles. The highest BCUT2D eigenvalue weighted by Crippen LogP contribution is 2.27. The largest absolute Gasteiger partial charge is 0.495 e. The standard InChI is InChI=1S/C14H13FN2O2S/c1-19-13-7-6-11(20)8-12(13)17-14(18)16-10-4-2-9(15)3-5-10/h2-8,20H,1H3,(H2,16,17,18). The van der Waals surface area contributed by atoms with Crippen LogP contribution in [0.15, 0.2) is 47.4 Å². The molecule has 2 aromatic carbocycles. The van der Waals surface area contributed by atoms with Gasteiger partial charge in [-0.05, 0) is 42.5 Å². The minimum absolute atomic E-state index is 0.361. The number of nitrogens with one attached hydrogen (secondary N) is 2. The summed E-state index contributed by atoms with van der Waals surface area (Å²) >= 11 is 4.20. The summed E-state index contributed by atoms with van der Waals surface area (Å²) in [5.41, 5.74) is 0.990. The van der Waals surface area contributed by atoms with Gasteiger partial charge in [-0.15, -0.1) is 12.6 Å². The Labute approximate surface area is 121 Å². The molecule has 0 aliphatic carbocycles. The van der Waals surface area contributed by atoms with Gasteiger partial charge in [0.25, 0.3) is 0 Å². The number of carbonyl (C=O) groups is 1. The summed E-state index contributed by atoms with van der Waals surface area (Å²) in [6, 6.07) is 10.2. The molecule has 0 bridgehead atoms. The van der Waals surface area contributed by atoms with Crippen LogP contribution in [0.5, 0.6) is 5.75 Å². The number of methoxy groups -OCH3 is 1. The number of hydrogen-bond donors (Lipinski definition) is 3. The Morgan fingerprint density at radius 2 is 1.85 bits per heavy atom. The Morgan fingerprint density at radius 3 is 2.50 bits per heavy atom. The van der Waals surface area contributed by atoms with Gasteiger partial charge >= 0.3 is 6.03 Å². The summed E-state index contributed by atoms with van der Waals surface area (Å²) in [6.45, 7) is 0. The first kappa shape index (κ1) is 14.2. The third kappa shape index (κ3) is 3.64. The van der Waals surface area contributed by atoms with Gasteiger partial charge in [0.1, 0.15) is 11.6 Å². The van der Waals surface area contributed by atoms with Crippen LogP contribution >= 0.6 is 12.6 Å². The number of hydrogen-bond acceptors (Lipinski definition) is 3. The zero-order valence-corrected chi connectivity index (χ0v) is 11.6. The first-order chi connectivity index (χ1) is 9.58. The lowest BCUT2D eigenvalue weighted by atomic mass is 10.3. The van der Waals surface area contributed by atoms with Crippen molar-refractivity contribution in [1.29, 1.82) is 0 Å². The van der Waals surface area contributed by atoms with E-state index in [1.54, 1.807) is 18.2 Å². The van der Waals surface area contributed by atoms with Crippen LogP contribution in [-0.4, -0.2) is 13.1 Å². The van der Waals surface area contributed by atoms with E-state index in [2.05, 4.69) is 23.3 Å². The van der Waals surface area contributed by atoms with E-state index < -0.39 is 6.03 Å². The normalized spacial score (nSPS) is 9.95. The lowest BCUT2D eigenvalue weighted by Gasteiger charge is -2.11. The smallest absolute Gasteiger partial charge is 0.323 e. The molecular formula is C14H13FN2O2S. The Bertz CT molecular complexity index is 617. The third-order valence-electron chi connectivity index (χ3n) is 2.53. The topological polar surface area (TPSA) is 50.4 Å². The van der Waals surface area contributed by atoms with Crippen LogP contribution in [0.4, 0.5) is 20.6 Å². The second kappa shape index (κ2) is 6.29. The summed E-state index contributed by atoms with van der Waals surface area (Å²) in [7, 11) is 1.51. The van der Waals surface area contributed by atoms with Gasteiger partial charge in [0.2, 0.25) is 0 Å². The molecule has 0 unspecified atom stereocenters. The maximum absolute atomic E-state index is 12.8. The van der Waals surface area contributed by atoms with Crippen molar-refractivity contribution in [2.24, 2.45) is 0 Å². The molecule has 2 amide bonds. The number of benzene rings is 2. The molecule has 0 spiro atoms. The van der Waals surface area contributed by atoms with E-state index in [1.807, 2.05) is 0 Å². The van der Waals surface area contributed by atoms with E-state index in [0.717, 1.165) is 0 Å². The Hall–Kier alpha value is -2.21. The number of halogens is 1. The number of carbonyl (C=O) groups excluding carboxylic acids is 1. The summed E-state index contributed by atoms with van der Waals surface area (Å²) < 4.78 is 17.9. The third-order valence-corrected chi connectivity index (χ3v) is 2.81. The Kier molecular flexibility index (Phi) is 4.47. The van der Waals surface area contributed by atoms with Crippen molar-refractivity contribution in [3.05, 3.63) is 48.3 Å². The van der Waals surface area contributed by atoms with Crippen molar-refractivity contribution in [2.45, 2.75) is 4.90 Å². The van der Waals surface area contributed by atoms with E-state index in [9.17, 15) is 9.18 Å². The number of thiol groups is 1.